The van der Waals surface area contributed by atoms with Gasteiger partial charge in [0.1, 0.15) is 8.95 Å². The molecular weight excluding hydrogens is 858 g/mol. The largest absolute Gasteiger partial charge is 0.453 e. The van der Waals surface area contributed by atoms with Crippen molar-refractivity contribution in [3.63, 3.8) is 0 Å². The molecule has 0 radical (unpaired) electrons. The molecule has 2 N–H and O–H groups in total. The van der Waals surface area contributed by atoms with Crippen LogP contribution in [-0.4, -0.2) is 19.1 Å². The molecule has 2 aromatic carbocycles. The van der Waals surface area contributed by atoms with E-state index in [-0.39, 0.29) is 56.9 Å². The van der Waals surface area contributed by atoms with Crippen LogP contribution in [-0.2, 0) is 4.84 Å². The Morgan fingerprint density at radius 2 is 1.51 bits per heavy atom. The third-order valence-corrected chi connectivity index (χ3v) is 9.78. The van der Waals surface area contributed by atoms with Crippen molar-refractivity contribution in [1.82, 2.24) is 11.0 Å². The van der Waals surface area contributed by atoms with E-state index in [1.165, 1.54) is 0 Å². The number of halogens is 8. The Bertz CT molecular complexity index is 1680. The van der Waals surface area contributed by atoms with Crippen molar-refractivity contribution >= 4 is 127 Å². The molecule has 0 spiro atoms. The van der Waals surface area contributed by atoms with Gasteiger partial charge in [0.05, 0.1) is 34.6 Å². The van der Waals surface area contributed by atoms with Crippen molar-refractivity contribution < 1.29 is 18.9 Å². The fraction of sp³-hybridized carbons (Fsp3) is 0.167. The predicted molar refractivity (Wildman–Crippen MR) is 169 cm³/mol. The van der Waals surface area contributed by atoms with Crippen molar-refractivity contribution in [3.8, 4) is 28.2 Å². The van der Waals surface area contributed by atoms with Gasteiger partial charge in [0, 0.05) is 35.2 Å². The topological polar surface area (TPSA) is 89.8 Å². The summed E-state index contributed by atoms with van der Waals surface area (Å²) in [6.07, 6.45) is 0. The van der Waals surface area contributed by atoms with E-state index in [4.69, 9.17) is 60.5 Å². The Kier molecular flexibility index (Phi) is 10.2. The predicted octanol–water partition coefficient (Wildman–Crippen LogP) is 9.81. The molecule has 0 atom stereocenters. The molecule has 0 saturated carbocycles. The molecule has 15 heteroatoms. The standard InChI is InChI=1S/C24H14Br4Cl4N2O5/c1-3-33-38-23-10(26)6-8-11(7-5-9(25)20(35)14(27)21(7)37-22(8)15(23)28)12-13(24(36)39-34-4-2)17(30)19(32)18(31)16(12)29/h5-6,33-34H,3-4H2,1-2H3. The van der Waals surface area contributed by atoms with Gasteiger partial charge in [0.25, 0.3) is 0 Å². The zero-order chi connectivity index (χ0) is 28.8. The van der Waals surface area contributed by atoms with Crippen LogP contribution in [0.2, 0.25) is 20.1 Å². The van der Waals surface area contributed by atoms with Crippen LogP contribution in [0.3, 0.4) is 0 Å². The van der Waals surface area contributed by atoms with Crippen LogP contribution >= 0.6 is 110 Å². The molecule has 2 aliphatic rings. The van der Waals surface area contributed by atoms with Gasteiger partial charge in [0.2, 0.25) is 5.43 Å². The highest BCUT2D eigenvalue weighted by Gasteiger charge is 2.33. The van der Waals surface area contributed by atoms with Gasteiger partial charge in [-0.25, -0.2) is 4.79 Å². The number of rotatable bonds is 7. The highest BCUT2D eigenvalue weighted by atomic mass is 79.9. The minimum absolute atomic E-state index is 0.0676. The second kappa shape index (κ2) is 12.7. The lowest BCUT2D eigenvalue weighted by Crippen LogP contribution is -2.20. The second-order valence-electron chi connectivity index (χ2n) is 7.73. The van der Waals surface area contributed by atoms with Crippen molar-refractivity contribution in [2.75, 3.05) is 13.1 Å². The minimum Gasteiger partial charge on any atom is -0.453 e. The fourth-order valence-corrected chi connectivity index (χ4v) is 7.33. The Balaban J connectivity index is 2.30. The molecule has 0 aromatic heterocycles. The number of carbonyl (C=O) groups excluding carboxylic acids is 1. The van der Waals surface area contributed by atoms with Gasteiger partial charge in [-0.15, -0.1) is 0 Å². The number of nitrogens with one attached hydrogen (secondary N) is 2. The van der Waals surface area contributed by atoms with Crippen LogP contribution in [0.1, 0.15) is 24.2 Å². The number of hydroxylamine groups is 2. The summed E-state index contributed by atoms with van der Waals surface area (Å²) in [6, 6.07) is 3.27. The molecular formula is C24H14Br4Cl4N2O5. The Hall–Kier alpha value is -0.600. The maximum Gasteiger partial charge on any atom is 0.359 e. The lowest BCUT2D eigenvalue weighted by molar-refractivity contribution is 0.0267. The SMILES string of the molecule is CCNOC(=O)c1c(Cl)c(Cl)c(Cl)c(Cl)c1-c1c2cc(Br)c(=O)c(Br)c-2oc2c(Br)c(ONCC)c(Br)cc12. The molecule has 1 heterocycles. The van der Waals surface area contributed by atoms with E-state index in [9.17, 15) is 9.59 Å². The van der Waals surface area contributed by atoms with Crippen LogP contribution < -0.4 is 21.2 Å². The van der Waals surface area contributed by atoms with Gasteiger partial charge < -0.3 is 14.1 Å². The summed E-state index contributed by atoms with van der Waals surface area (Å²) in [6.45, 7) is 4.46. The molecule has 2 aromatic rings. The quantitative estimate of drug-likeness (QED) is 0.0828. The van der Waals surface area contributed by atoms with E-state index in [1.807, 2.05) is 6.92 Å². The van der Waals surface area contributed by atoms with E-state index in [0.29, 0.717) is 44.3 Å². The highest BCUT2D eigenvalue weighted by molar-refractivity contribution is 9.11. The van der Waals surface area contributed by atoms with E-state index in [0.717, 1.165) is 0 Å². The normalized spacial score (nSPS) is 11.4. The lowest BCUT2D eigenvalue weighted by Gasteiger charge is -2.22. The van der Waals surface area contributed by atoms with Crippen molar-refractivity contribution in [3.05, 3.63) is 65.9 Å². The smallest absolute Gasteiger partial charge is 0.359 e. The average molecular weight is 872 g/mol. The summed E-state index contributed by atoms with van der Waals surface area (Å²) in [4.78, 5) is 37.1. The van der Waals surface area contributed by atoms with E-state index in [2.05, 4.69) is 74.7 Å². The van der Waals surface area contributed by atoms with Gasteiger partial charge in [-0.1, -0.05) is 46.4 Å². The third kappa shape index (κ3) is 5.61. The number of hydrogen-bond donors (Lipinski definition) is 2. The molecule has 0 unspecified atom stereocenters. The first-order chi connectivity index (χ1) is 18.5. The number of fused-ring (bicyclic) bond motifs is 2. The Morgan fingerprint density at radius 1 is 0.872 bits per heavy atom. The van der Waals surface area contributed by atoms with Crippen LogP contribution in [0, 0.1) is 0 Å². The van der Waals surface area contributed by atoms with Gasteiger partial charge in [-0.2, -0.15) is 11.0 Å². The van der Waals surface area contributed by atoms with Crippen molar-refractivity contribution in [2.45, 2.75) is 13.8 Å². The molecule has 0 saturated heterocycles. The van der Waals surface area contributed by atoms with Crippen LogP contribution in [0.25, 0.3) is 33.4 Å². The molecule has 0 bridgehead atoms. The lowest BCUT2D eigenvalue weighted by atomic mass is 9.90. The van der Waals surface area contributed by atoms with Gasteiger partial charge in [-0.05, 0) is 89.7 Å². The number of hydrogen-bond acceptors (Lipinski definition) is 7. The van der Waals surface area contributed by atoms with E-state index < -0.39 is 5.97 Å². The molecule has 4 rings (SSSR count). The highest BCUT2D eigenvalue weighted by Crippen LogP contribution is 2.54. The first kappa shape index (κ1) is 31.3. The first-order valence-corrected chi connectivity index (χ1v) is 15.6. The second-order valence-corrected chi connectivity index (χ2v) is 12.5. The van der Waals surface area contributed by atoms with E-state index in [1.54, 1.807) is 19.1 Å². The molecule has 1 aliphatic carbocycles. The molecule has 0 amide bonds. The molecule has 1 aliphatic heterocycles. The molecule has 0 fully saturated rings. The van der Waals surface area contributed by atoms with Crippen LogP contribution in [0.4, 0.5) is 0 Å². The van der Waals surface area contributed by atoms with Gasteiger partial charge >= 0.3 is 5.97 Å². The Morgan fingerprint density at radius 3 is 2.15 bits per heavy atom. The van der Waals surface area contributed by atoms with E-state index >= 15 is 0 Å². The molecule has 206 valence electrons. The maximum absolute atomic E-state index is 13.3. The minimum atomic E-state index is -0.858. The third-order valence-electron chi connectivity index (χ3n) is 5.35. The number of benzene rings is 3. The monoisotopic (exact) mass is 866 g/mol. The zero-order valence-electron chi connectivity index (χ0n) is 19.6. The summed E-state index contributed by atoms with van der Waals surface area (Å²) in [5.74, 6) is -0.324. The van der Waals surface area contributed by atoms with Crippen molar-refractivity contribution in [1.29, 1.82) is 0 Å². The maximum atomic E-state index is 13.3. The van der Waals surface area contributed by atoms with Crippen LogP contribution in [0.5, 0.6) is 5.75 Å². The summed E-state index contributed by atoms with van der Waals surface area (Å²) < 4.78 is 7.54. The summed E-state index contributed by atoms with van der Waals surface area (Å²) in [5.41, 5.74) is 5.92. The molecule has 7 nitrogen and oxygen atoms in total. The molecule has 39 heavy (non-hydrogen) atoms. The summed E-state index contributed by atoms with van der Waals surface area (Å²) >= 11 is 40.0. The average Bonchev–Trinajstić information content (AvgIpc) is 2.91. The van der Waals surface area contributed by atoms with Gasteiger partial charge in [-0.3, -0.25) is 4.79 Å². The zero-order valence-corrected chi connectivity index (χ0v) is 29.0. The summed E-state index contributed by atoms with van der Waals surface area (Å²) in [5, 5.41) is 0.00939. The Labute approximate surface area is 275 Å². The summed E-state index contributed by atoms with van der Waals surface area (Å²) in [7, 11) is 0. The van der Waals surface area contributed by atoms with Gasteiger partial charge in [0.15, 0.2) is 17.1 Å². The van der Waals surface area contributed by atoms with Crippen molar-refractivity contribution in [2.24, 2.45) is 0 Å². The first-order valence-electron chi connectivity index (χ1n) is 10.9. The fourth-order valence-electron chi connectivity index (χ4n) is 3.74. The number of carbonyl (C=O) groups is 1. The van der Waals surface area contributed by atoms with Crippen LogP contribution in [0.15, 0.2) is 39.2 Å².